The van der Waals surface area contributed by atoms with Crippen LogP contribution in [0.3, 0.4) is 0 Å². The minimum Gasteiger partial charge on any atom is -0.354 e. The largest absolute Gasteiger partial charge is 0.354 e. The molecule has 13 aromatic rings. The lowest BCUT2D eigenvalue weighted by Gasteiger charge is -2.13. The highest BCUT2D eigenvalue weighted by atomic mass is 32.1. The lowest BCUT2D eigenvalue weighted by molar-refractivity contribution is 1.37. The Morgan fingerprint density at radius 1 is 0.421 bits per heavy atom. The number of nitrogens with one attached hydrogen (secondary N) is 1. The molecule has 2 nitrogen and oxygen atoms in total. The number of rotatable bonds is 4. The number of para-hydroxylation sites is 2. The first-order chi connectivity index (χ1) is 32.4. The van der Waals surface area contributed by atoms with Crippen LogP contribution in [0.1, 0.15) is 13.7 Å². The number of benzene rings is 9. The van der Waals surface area contributed by atoms with E-state index in [9.17, 15) is 0 Å². The Morgan fingerprint density at radius 2 is 1.04 bits per heavy atom. The molecular weight excluding hydrogens is 709 g/mol. The summed E-state index contributed by atoms with van der Waals surface area (Å²) in [6.45, 7) is 0. The van der Waals surface area contributed by atoms with Crippen LogP contribution in [0.25, 0.3) is 125 Å². The van der Waals surface area contributed by atoms with Crippen LogP contribution in [-0.2, 0) is 0 Å². The third kappa shape index (κ3) is 4.46. The number of hydrogen-bond donors (Lipinski definition) is 1. The predicted octanol–water partition coefficient (Wildman–Crippen LogP) is 15.5. The van der Waals surface area contributed by atoms with Crippen molar-refractivity contribution in [2.75, 3.05) is 0 Å². The van der Waals surface area contributed by atoms with Crippen LogP contribution in [-0.4, -0.2) is 9.38 Å². The molecule has 0 saturated heterocycles. The molecule has 0 fully saturated rings. The zero-order valence-electron chi connectivity index (χ0n) is 40.0. The number of fused-ring (bicyclic) bond motifs is 12. The first kappa shape index (κ1) is 23.0. The summed E-state index contributed by atoms with van der Waals surface area (Å²) in [7, 11) is 0. The van der Waals surface area contributed by atoms with Gasteiger partial charge in [0.2, 0.25) is 0 Å². The van der Waals surface area contributed by atoms with Gasteiger partial charge in [-0.15, -0.1) is 11.3 Å². The highest BCUT2D eigenvalue weighted by Gasteiger charge is 2.22. The van der Waals surface area contributed by atoms with E-state index in [1.165, 1.54) is 21.7 Å². The molecule has 4 heterocycles. The van der Waals surface area contributed by atoms with Crippen LogP contribution >= 0.6 is 11.3 Å². The Labute approximate surface area is 345 Å². The Balaban J connectivity index is 1.09. The molecule has 0 aliphatic heterocycles. The lowest BCUT2D eigenvalue weighted by Crippen LogP contribution is -1.88. The van der Waals surface area contributed by atoms with Crippen molar-refractivity contribution >= 4 is 91.4 Å². The van der Waals surface area contributed by atoms with Crippen molar-refractivity contribution in [2.24, 2.45) is 0 Å². The number of hydrogen-bond acceptors (Lipinski definition) is 1. The average molecular weight is 751 g/mol. The SMILES string of the molecule is [2H]c1c([2H])c([2H])c(-c2cc(-c3cccc(-c4c5[nH]c6cc7c8cccc9c%10ccccc%10n(c7cc6c5cc5c4sc4ccccc45)c98)c3)cc(-c3c([2H])c([2H])c([2H])c([2H])c3[2H])c2)c([2H])c1[2H]. The number of nitrogens with zero attached hydrogens (tertiary/aromatic N) is 1. The van der Waals surface area contributed by atoms with E-state index in [1.807, 2.05) is 12.1 Å². The molecule has 4 aromatic heterocycles. The van der Waals surface area contributed by atoms with Gasteiger partial charge in [0.15, 0.2) is 0 Å². The highest BCUT2D eigenvalue weighted by molar-refractivity contribution is 7.26. The maximum atomic E-state index is 8.89. The quantitative estimate of drug-likeness (QED) is 0.185. The summed E-state index contributed by atoms with van der Waals surface area (Å²) in [5, 5.41) is 9.24. The summed E-state index contributed by atoms with van der Waals surface area (Å²) in [6.07, 6.45) is 0. The van der Waals surface area contributed by atoms with E-state index >= 15 is 0 Å². The molecular formula is C54H32N2S. The van der Waals surface area contributed by atoms with Crippen LogP contribution in [0, 0.1) is 0 Å². The summed E-state index contributed by atoms with van der Waals surface area (Å²) < 4.78 is 90.7. The molecule has 0 spiro atoms. The van der Waals surface area contributed by atoms with Crippen molar-refractivity contribution in [3.63, 3.8) is 0 Å². The minimum absolute atomic E-state index is 0.0596. The van der Waals surface area contributed by atoms with E-state index in [-0.39, 0.29) is 22.3 Å². The van der Waals surface area contributed by atoms with Gasteiger partial charge in [0.25, 0.3) is 0 Å². The minimum atomic E-state index is -0.530. The first-order valence-electron chi connectivity index (χ1n) is 23.8. The Hall–Kier alpha value is -7.20. The van der Waals surface area contributed by atoms with Gasteiger partial charge in [-0.05, 0) is 93.5 Å². The summed E-state index contributed by atoms with van der Waals surface area (Å²) in [4.78, 5) is 3.89. The molecule has 57 heavy (non-hydrogen) atoms. The second kappa shape index (κ2) is 11.7. The molecule has 0 atom stereocenters. The van der Waals surface area contributed by atoms with Crippen molar-refractivity contribution in [1.82, 2.24) is 9.38 Å². The molecule has 0 aliphatic carbocycles. The van der Waals surface area contributed by atoms with Gasteiger partial charge < -0.3 is 9.38 Å². The monoisotopic (exact) mass is 750 g/mol. The summed E-state index contributed by atoms with van der Waals surface area (Å²) in [5.74, 6) is 0. The van der Waals surface area contributed by atoms with Gasteiger partial charge in [-0.3, -0.25) is 0 Å². The Kier molecular flexibility index (Phi) is 4.70. The van der Waals surface area contributed by atoms with Crippen LogP contribution in [0.2, 0.25) is 0 Å². The summed E-state index contributed by atoms with van der Waals surface area (Å²) >= 11 is 1.73. The fourth-order valence-electron chi connectivity index (χ4n) is 9.14. The van der Waals surface area contributed by atoms with E-state index < -0.39 is 60.4 Å². The topological polar surface area (TPSA) is 20.2 Å². The van der Waals surface area contributed by atoms with Gasteiger partial charge in [-0.1, -0.05) is 133 Å². The first-order valence-corrected chi connectivity index (χ1v) is 19.6. The van der Waals surface area contributed by atoms with Crippen molar-refractivity contribution in [1.29, 1.82) is 0 Å². The molecule has 0 saturated carbocycles. The second-order valence-electron chi connectivity index (χ2n) is 14.6. The van der Waals surface area contributed by atoms with E-state index in [4.69, 9.17) is 13.7 Å². The van der Waals surface area contributed by atoms with Gasteiger partial charge in [0, 0.05) is 63.6 Å². The van der Waals surface area contributed by atoms with Crippen LogP contribution in [0.15, 0.2) is 188 Å². The van der Waals surface area contributed by atoms with E-state index in [0.29, 0.717) is 11.1 Å². The van der Waals surface area contributed by atoms with Gasteiger partial charge in [-0.2, -0.15) is 0 Å². The van der Waals surface area contributed by atoms with E-state index in [0.717, 1.165) is 69.5 Å². The van der Waals surface area contributed by atoms with Crippen LogP contribution in [0.5, 0.6) is 0 Å². The third-order valence-electron chi connectivity index (χ3n) is 11.6. The van der Waals surface area contributed by atoms with Crippen molar-refractivity contribution in [2.45, 2.75) is 0 Å². The maximum absolute atomic E-state index is 8.89. The molecule has 0 bridgehead atoms. The van der Waals surface area contributed by atoms with Gasteiger partial charge in [-0.25, -0.2) is 0 Å². The van der Waals surface area contributed by atoms with Crippen molar-refractivity contribution in [3.05, 3.63) is 188 Å². The fraction of sp³-hybridized carbons (Fsp3) is 0. The zero-order chi connectivity index (χ0) is 45.9. The molecule has 0 amide bonds. The molecule has 0 radical (unpaired) electrons. The Morgan fingerprint density at radius 3 is 1.81 bits per heavy atom. The fourth-order valence-corrected chi connectivity index (χ4v) is 10.4. The number of thiophene rings is 1. The molecule has 3 heteroatoms. The highest BCUT2D eigenvalue weighted by Crippen LogP contribution is 2.48. The molecule has 9 aromatic carbocycles. The Bertz CT molecular complexity index is 4210. The number of aromatic nitrogens is 2. The normalized spacial score (nSPS) is 14.7. The standard InChI is InChI=1S/C54H32N2S/c1-3-13-32(14-4-1)36-26-37(33-15-5-2-6-16-33)28-38(27-36)34-17-11-18-35(25-34)51-52-45(29-46-40-20-8-10-24-50(40)57-54(46)51)43-31-49-44(30-47(43)55-52)42-22-12-21-41-39-19-7-9-23-48(39)56(49)53(41)42/h1-31,55H/i1D,2D,3D,4D,5D,6D,13D,14D,15D,16D. The molecule has 13 rings (SSSR count). The van der Waals surface area contributed by atoms with Gasteiger partial charge in [0.05, 0.1) is 35.8 Å². The van der Waals surface area contributed by atoms with Gasteiger partial charge in [0.1, 0.15) is 0 Å². The van der Waals surface area contributed by atoms with Gasteiger partial charge >= 0.3 is 0 Å². The number of H-pyrrole nitrogens is 1. The lowest BCUT2D eigenvalue weighted by atomic mass is 9.91. The smallest absolute Gasteiger partial charge is 0.0629 e. The van der Waals surface area contributed by atoms with E-state index in [2.05, 4.69) is 106 Å². The zero-order valence-corrected chi connectivity index (χ0v) is 30.8. The third-order valence-corrected chi connectivity index (χ3v) is 12.8. The van der Waals surface area contributed by atoms with Crippen LogP contribution < -0.4 is 0 Å². The summed E-state index contributed by atoms with van der Waals surface area (Å²) in [6, 6.07) is 38.7. The molecule has 0 unspecified atom stereocenters. The maximum Gasteiger partial charge on any atom is 0.0629 e. The van der Waals surface area contributed by atoms with Crippen molar-refractivity contribution < 1.29 is 13.7 Å². The van der Waals surface area contributed by atoms with E-state index in [1.54, 1.807) is 29.5 Å². The van der Waals surface area contributed by atoms with Crippen molar-refractivity contribution in [3.8, 4) is 44.5 Å². The molecule has 1 N–H and O–H groups in total. The number of aromatic amines is 1. The molecule has 0 aliphatic rings. The summed E-state index contributed by atoms with van der Waals surface area (Å²) in [5.41, 5.74) is 9.04. The predicted molar refractivity (Wildman–Crippen MR) is 245 cm³/mol. The average Bonchev–Trinajstić information content (AvgIpc) is 4.09. The molecule has 264 valence electrons. The second-order valence-corrected chi connectivity index (χ2v) is 15.7. The van der Waals surface area contributed by atoms with Crippen LogP contribution in [0.4, 0.5) is 0 Å².